The second-order valence-corrected chi connectivity index (χ2v) is 9.55. The maximum Gasteiger partial charge on any atom is 0.408 e. The van der Waals surface area contributed by atoms with E-state index in [1.165, 1.54) is 16.7 Å². The highest BCUT2D eigenvalue weighted by Crippen LogP contribution is 2.48. The first kappa shape index (κ1) is 24.5. The third kappa shape index (κ3) is 5.34. The minimum Gasteiger partial charge on any atom is -0.445 e. The average Bonchev–Trinajstić information content (AvgIpc) is 3.04. The summed E-state index contributed by atoms with van der Waals surface area (Å²) in [7, 11) is 0. The number of anilines is 2. The van der Waals surface area contributed by atoms with Crippen LogP contribution in [-0.2, 0) is 16.1 Å². The number of benzene rings is 4. The molecule has 4 aromatic rings. The molecule has 0 aromatic heterocycles. The van der Waals surface area contributed by atoms with Gasteiger partial charge in [0.15, 0.2) is 0 Å². The topological polar surface area (TPSA) is 58.6 Å². The Morgan fingerprint density at radius 2 is 1.57 bits per heavy atom. The number of carbonyl (C=O) groups excluding carboxylic acids is 2. The van der Waals surface area contributed by atoms with Crippen molar-refractivity contribution in [3.63, 3.8) is 0 Å². The van der Waals surface area contributed by atoms with Gasteiger partial charge in [-0.2, -0.15) is 0 Å². The van der Waals surface area contributed by atoms with Gasteiger partial charge in [-0.15, -0.1) is 11.8 Å². The summed E-state index contributed by atoms with van der Waals surface area (Å²) >= 11 is 1.18. The highest BCUT2D eigenvalue weighted by atomic mass is 32.2. The van der Waals surface area contributed by atoms with Crippen LogP contribution in [0.3, 0.4) is 0 Å². The van der Waals surface area contributed by atoms with Gasteiger partial charge in [0.05, 0.1) is 10.9 Å². The lowest BCUT2D eigenvalue weighted by atomic mass is 10.0. The number of halogens is 2. The Morgan fingerprint density at radius 1 is 0.892 bits per heavy atom. The number of hydrogen-bond acceptors (Lipinski definition) is 4. The first-order valence-corrected chi connectivity index (χ1v) is 12.5. The number of alkyl carbamates (subject to hydrolysis) is 1. The molecule has 37 heavy (non-hydrogen) atoms. The molecule has 0 radical (unpaired) electrons. The number of ether oxygens (including phenoxy) is 1. The highest BCUT2D eigenvalue weighted by Gasteiger charge is 2.41. The van der Waals surface area contributed by atoms with Crippen molar-refractivity contribution in [3.05, 3.63) is 126 Å². The second-order valence-electron chi connectivity index (χ2n) is 8.36. The molecule has 2 amide bonds. The number of thioether (sulfide) groups is 1. The molecule has 1 N–H and O–H groups in total. The van der Waals surface area contributed by atoms with Crippen molar-refractivity contribution in [2.24, 2.45) is 0 Å². The summed E-state index contributed by atoms with van der Waals surface area (Å²) in [6.45, 7) is -0.0116. The second kappa shape index (κ2) is 10.8. The van der Waals surface area contributed by atoms with Crippen LogP contribution < -0.4 is 10.2 Å². The standard InChI is InChI=1S/C29H22F2N2O3S/c30-20-15-16-23(31)22(17-20)27-26(32-29(35)36-18-19-9-3-1-4-10-19)28(34)33(21-11-5-2-6-12-21)24-13-7-8-14-25(24)37-27/h1-17,26-27H,18H2,(H,32,35). The summed E-state index contributed by atoms with van der Waals surface area (Å²) in [6, 6.07) is 27.1. The van der Waals surface area contributed by atoms with Crippen molar-refractivity contribution >= 4 is 35.1 Å². The van der Waals surface area contributed by atoms with Gasteiger partial charge in [0.25, 0.3) is 5.91 Å². The van der Waals surface area contributed by atoms with E-state index in [1.54, 1.807) is 54.6 Å². The molecular formula is C29H22F2N2O3S. The molecule has 0 fully saturated rings. The predicted octanol–water partition coefficient (Wildman–Crippen LogP) is 6.77. The number of amides is 2. The first-order chi connectivity index (χ1) is 18.0. The fraction of sp³-hybridized carbons (Fsp3) is 0.103. The van der Waals surface area contributed by atoms with E-state index < -0.39 is 34.9 Å². The van der Waals surface area contributed by atoms with E-state index in [9.17, 15) is 14.0 Å². The van der Waals surface area contributed by atoms with Gasteiger partial charge in [0, 0.05) is 16.1 Å². The largest absolute Gasteiger partial charge is 0.445 e. The number of fused-ring (bicyclic) bond motifs is 1. The molecule has 0 bridgehead atoms. The molecule has 1 heterocycles. The smallest absolute Gasteiger partial charge is 0.408 e. The lowest BCUT2D eigenvalue weighted by molar-refractivity contribution is -0.119. The Balaban J connectivity index is 1.56. The molecule has 0 saturated carbocycles. The molecule has 0 saturated heterocycles. The third-order valence-corrected chi connectivity index (χ3v) is 7.29. The number of nitrogens with zero attached hydrogens (tertiary/aromatic N) is 1. The van der Waals surface area contributed by atoms with E-state index >= 15 is 4.39 Å². The quantitative estimate of drug-likeness (QED) is 0.318. The zero-order chi connectivity index (χ0) is 25.8. The Bertz CT molecular complexity index is 1420. The van der Waals surface area contributed by atoms with Crippen LogP contribution in [0.15, 0.2) is 108 Å². The molecule has 186 valence electrons. The average molecular weight is 517 g/mol. The minimum atomic E-state index is -1.27. The maximum atomic E-state index is 15.0. The molecule has 5 nitrogen and oxygen atoms in total. The molecule has 8 heteroatoms. The molecule has 2 unspecified atom stereocenters. The zero-order valence-corrected chi connectivity index (χ0v) is 20.3. The Labute approximate surface area is 217 Å². The van der Waals surface area contributed by atoms with Crippen molar-refractivity contribution in [1.29, 1.82) is 0 Å². The van der Waals surface area contributed by atoms with E-state index in [-0.39, 0.29) is 12.2 Å². The van der Waals surface area contributed by atoms with Crippen molar-refractivity contribution in [1.82, 2.24) is 5.32 Å². The number of rotatable bonds is 5. The normalized spacial score (nSPS) is 17.0. The van der Waals surface area contributed by atoms with Gasteiger partial charge in [-0.25, -0.2) is 13.6 Å². The summed E-state index contributed by atoms with van der Waals surface area (Å²) < 4.78 is 34.7. The lowest BCUT2D eigenvalue weighted by Crippen LogP contribution is -2.49. The number of hydrogen-bond donors (Lipinski definition) is 1. The van der Waals surface area contributed by atoms with Crippen LogP contribution >= 0.6 is 11.8 Å². The van der Waals surface area contributed by atoms with Gasteiger partial charge in [0.2, 0.25) is 0 Å². The summed E-state index contributed by atoms with van der Waals surface area (Å²) in [5.41, 5.74) is 1.89. The molecule has 1 aliphatic heterocycles. The summed E-state index contributed by atoms with van der Waals surface area (Å²) in [5, 5.41) is 1.68. The number of para-hydroxylation sites is 2. The van der Waals surface area contributed by atoms with Crippen LogP contribution in [0, 0.1) is 11.6 Å². The van der Waals surface area contributed by atoms with Gasteiger partial charge in [0.1, 0.15) is 24.3 Å². The fourth-order valence-corrected chi connectivity index (χ4v) is 5.52. The first-order valence-electron chi connectivity index (χ1n) is 11.6. The van der Waals surface area contributed by atoms with Crippen LogP contribution in [0.5, 0.6) is 0 Å². The van der Waals surface area contributed by atoms with E-state index in [4.69, 9.17) is 4.74 Å². The Hall–Kier alpha value is -4.17. The van der Waals surface area contributed by atoms with Crippen LogP contribution in [0.25, 0.3) is 0 Å². The maximum absolute atomic E-state index is 15.0. The van der Waals surface area contributed by atoms with Crippen molar-refractivity contribution in [3.8, 4) is 0 Å². The molecular weight excluding hydrogens is 494 g/mol. The Kier molecular flexibility index (Phi) is 7.18. The van der Waals surface area contributed by atoms with Crippen LogP contribution in [-0.4, -0.2) is 18.0 Å². The molecule has 0 spiro atoms. The van der Waals surface area contributed by atoms with Crippen molar-refractivity contribution in [2.45, 2.75) is 22.8 Å². The molecule has 2 atom stereocenters. The molecule has 5 rings (SSSR count). The third-order valence-electron chi connectivity index (χ3n) is 5.91. The predicted molar refractivity (Wildman–Crippen MR) is 139 cm³/mol. The summed E-state index contributed by atoms with van der Waals surface area (Å²) in [4.78, 5) is 29.2. The van der Waals surface area contributed by atoms with Gasteiger partial charge < -0.3 is 10.1 Å². The van der Waals surface area contributed by atoms with E-state index in [1.807, 2.05) is 30.3 Å². The Morgan fingerprint density at radius 3 is 2.32 bits per heavy atom. The number of nitrogens with one attached hydrogen (secondary N) is 1. The van der Waals surface area contributed by atoms with Crippen LogP contribution in [0.2, 0.25) is 0 Å². The van der Waals surface area contributed by atoms with Gasteiger partial charge >= 0.3 is 6.09 Å². The monoisotopic (exact) mass is 516 g/mol. The summed E-state index contributed by atoms with van der Waals surface area (Å²) in [6.07, 6.45) is -0.844. The fourth-order valence-electron chi connectivity index (χ4n) is 4.18. The summed E-state index contributed by atoms with van der Waals surface area (Å²) in [5.74, 6) is -1.83. The van der Waals surface area contributed by atoms with Gasteiger partial charge in [-0.1, -0.05) is 60.7 Å². The molecule has 4 aromatic carbocycles. The van der Waals surface area contributed by atoms with Gasteiger partial charge in [-0.05, 0) is 48.0 Å². The number of carbonyl (C=O) groups is 2. The van der Waals surface area contributed by atoms with Crippen molar-refractivity contribution < 1.29 is 23.1 Å². The zero-order valence-electron chi connectivity index (χ0n) is 19.5. The molecule has 1 aliphatic rings. The minimum absolute atomic E-state index is 0.0116. The SMILES string of the molecule is O=C(NC1C(=O)N(c2ccccc2)c2ccccc2SC1c1cc(F)ccc1F)OCc1ccccc1. The van der Waals surface area contributed by atoms with E-state index in [0.29, 0.717) is 16.3 Å². The van der Waals surface area contributed by atoms with Crippen LogP contribution in [0.1, 0.15) is 16.4 Å². The van der Waals surface area contributed by atoms with Crippen LogP contribution in [0.4, 0.5) is 25.0 Å². The van der Waals surface area contributed by atoms with E-state index in [2.05, 4.69) is 5.32 Å². The van der Waals surface area contributed by atoms with Crippen molar-refractivity contribution in [2.75, 3.05) is 4.90 Å². The van der Waals surface area contributed by atoms with E-state index in [0.717, 1.165) is 23.8 Å². The highest BCUT2D eigenvalue weighted by molar-refractivity contribution is 7.99. The molecule has 0 aliphatic carbocycles. The lowest BCUT2D eigenvalue weighted by Gasteiger charge is -2.28. The van der Waals surface area contributed by atoms with Gasteiger partial charge in [-0.3, -0.25) is 9.69 Å².